The molecule has 1 aromatic heterocycles. The third kappa shape index (κ3) is 5.57. The number of benzene rings is 1. The van der Waals surface area contributed by atoms with Crippen LogP contribution in [-0.2, 0) is 17.8 Å². The Morgan fingerprint density at radius 2 is 2.04 bits per heavy atom. The lowest BCUT2D eigenvalue weighted by atomic mass is 10.2. The Labute approximate surface area is 157 Å². The lowest BCUT2D eigenvalue weighted by Crippen LogP contribution is -2.45. The van der Waals surface area contributed by atoms with E-state index in [9.17, 15) is 14.8 Å². The van der Waals surface area contributed by atoms with Gasteiger partial charge in [0.15, 0.2) is 0 Å². The van der Waals surface area contributed by atoms with Crippen molar-refractivity contribution in [1.29, 1.82) is 0 Å². The number of nitrogens with one attached hydrogen (secondary N) is 2. The summed E-state index contributed by atoms with van der Waals surface area (Å²) >= 11 is 5.81. The third-order valence-electron chi connectivity index (χ3n) is 3.86. The summed E-state index contributed by atoms with van der Waals surface area (Å²) in [5, 5.41) is 13.7. The average Bonchev–Trinajstić information content (AvgIpc) is 3.10. The number of hydrogen-bond acceptors (Lipinski definition) is 4. The number of carbonyl (C=O) groups excluding carboxylic acids is 2. The van der Waals surface area contributed by atoms with Crippen LogP contribution >= 0.6 is 11.6 Å². The molecule has 0 radical (unpaired) electrons. The number of nitrogens with zero attached hydrogens (tertiary/aromatic N) is 2. The van der Waals surface area contributed by atoms with E-state index in [0.717, 1.165) is 30.7 Å². The number of halogens is 1. The van der Waals surface area contributed by atoms with Gasteiger partial charge < -0.3 is 10.3 Å². The molecule has 0 fully saturated rings. The molecule has 3 N–H and O–H groups in total. The number of hydroxylamine groups is 2. The predicted molar refractivity (Wildman–Crippen MR) is 97.9 cm³/mol. The number of aromatic nitrogens is 2. The standard InChI is InChI=1S/C18H23ClN4O3/c1-3-4-5-16-20-10-15(22-16)17(24)21-12(2)18(25)23(26)11-13-6-8-14(19)9-7-13/h6-10,12,26H,3-5,11H2,1-2H3,(H,20,22)(H,21,24)/t12-/m0/s1. The SMILES string of the molecule is CCCCc1ncc(C(=O)N[C@@H](C)C(=O)N(O)Cc2ccc(Cl)cc2)[nH]1. The fourth-order valence-electron chi connectivity index (χ4n) is 2.35. The first kappa shape index (κ1) is 19.9. The molecule has 2 amide bonds. The van der Waals surface area contributed by atoms with Crippen molar-refractivity contribution in [2.45, 2.75) is 45.7 Å². The quantitative estimate of drug-likeness (QED) is 0.485. The van der Waals surface area contributed by atoms with Gasteiger partial charge in [0.25, 0.3) is 11.8 Å². The van der Waals surface area contributed by atoms with E-state index < -0.39 is 17.9 Å². The maximum Gasteiger partial charge on any atom is 0.269 e. The fraction of sp³-hybridized carbons (Fsp3) is 0.389. The minimum absolute atomic E-state index is 0.00142. The summed E-state index contributed by atoms with van der Waals surface area (Å²) in [5.74, 6) is -0.317. The minimum Gasteiger partial charge on any atom is -0.339 e. The molecule has 0 aliphatic rings. The van der Waals surface area contributed by atoms with E-state index in [1.165, 1.54) is 13.1 Å². The Morgan fingerprint density at radius 3 is 2.69 bits per heavy atom. The van der Waals surface area contributed by atoms with Crippen LogP contribution in [-0.4, -0.2) is 38.1 Å². The summed E-state index contributed by atoms with van der Waals surface area (Å²) in [4.78, 5) is 31.5. The van der Waals surface area contributed by atoms with Crippen molar-refractivity contribution < 1.29 is 14.8 Å². The number of rotatable bonds is 8. The van der Waals surface area contributed by atoms with Crippen LogP contribution in [0.4, 0.5) is 0 Å². The number of unbranched alkanes of at least 4 members (excludes halogenated alkanes) is 1. The zero-order chi connectivity index (χ0) is 19.1. The van der Waals surface area contributed by atoms with Crippen LogP contribution in [0, 0.1) is 0 Å². The number of carbonyl (C=O) groups is 2. The topological polar surface area (TPSA) is 98.3 Å². The van der Waals surface area contributed by atoms with Crippen molar-refractivity contribution in [2.24, 2.45) is 0 Å². The highest BCUT2D eigenvalue weighted by molar-refractivity contribution is 6.30. The Hall–Kier alpha value is -2.38. The highest BCUT2D eigenvalue weighted by Gasteiger charge is 2.22. The molecule has 2 aromatic rings. The molecule has 1 heterocycles. The van der Waals surface area contributed by atoms with Gasteiger partial charge in [0, 0.05) is 11.4 Å². The lowest BCUT2D eigenvalue weighted by Gasteiger charge is -2.20. The van der Waals surface area contributed by atoms with Gasteiger partial charge in [-0.3, -0.25) is 14.8 Å². The van der Waals surface area contributed by atoms with Crippen molar-refractivity contribution in [3.8, 4) is 0 Å². The third-order valence-corrected chi connectivity index (χ3v) is 4.11. The average molecular weight is 379 g/mol. The van der Waals surface area contributed by atoms with Crippen molar-refractivity contribution in [1.82, 2.24) is 20.3 Å². The van der Waals surface area contributed by atoms with Gasteiger partial charge in [-0.1, -0.05) is 37.1 Å². The molecular formula is C18H23ClN4O3. The number of aryl methyl sites for hydroxylation is 1. The maximum atomic E-state index is 12.2. The smallest absolute Gasteiger partial charge is 0.269 e. The molecule has 8 heteroatoms. The number of H-pyrrole nitrogens is 1. The van der Waals surface area contributed by atoms with Crippen LogP contribution < -0.4 is 5.32 Å². The molecule has 0 saturated carbocycles. The first-order chi connectivity index (χ1) is 12.4. The molecule has 1 atom stereocenters. The molecule has 140 valence electrons. The van der Waals surface area contributed by atoms with E-state index in [1.807, 2.05) is 0 Å². The van der Waals surface area contributed by atoms with E-state index in [0.29, 0.717) is 10.1 Å². The minimum atomic E-state index is -0.887. The van der Waals surface area contributed by atoms with E-state index in [1.54, 1.807) is 24.3 Å². The maximum absolute atomic E-state index is 12.2. The van der Waals surface area contributed by atoms with Crippen LogP contribution in [0.2, 0.25) is 5.02 Å². The summed E-state index contributed by atoms with van der Waals surface area (Å²) in [6, 6.07) is 5.89. The number of imidazole rings is 1. The van der Waals surface area contributed by atoms with Gasteiger partial charge in [0.1, 0.15) is 17.6 Å². The van der Waals surface area contributed by atoms with Gasteiger partial charge in [0.2, 0.25) is 0 Å². The van der Waals surface area contributed by atoms with Gasteiger partial charge in [-0.05, 0) is 31.0 Å². The predicted octanol–water partition coefficient (Wildman–Crippen LogP) is 2.94. The lowest BCUT2D eigenvalue weighted by molar-refractivity contribution is -0.169. The Balaban J connectivity index is 1.89. The highest BCUT2D eigenvalue weighted by Crippen LogP contribution is 2.11. The van der Waals surface area contributed by atoms with Gasteiger partial charge in [-0.25, -0.2) is 10.0 Å². The van der Waals surface area contributed by atoms with Crippen molar-refractivity contribution >= 4 is 23.4 Å². The second-order valence-electron chi connectivity index (χ2n) is 6.06. The molecule has 0 saturated heterocycles. The van der Waals surface area contributed by atoms with Gasteiger partial charge in [0.05, 0.1) is 12.7 Å². The van der Waals surface area contributed by atoms with Gasteiger partial charge >= 0.3 is 0 Å². The normalized spacial score (nSPS) is 11.8. The first-order valence-corrected chi connectivity index (χ1v) is 8.88. The second-order valence-corrected chi connectivity index (χ2v) is 6.50. The zero-order valence-electron chi connectivity index (χ0n) is 14.8. The van der Waals surface area contributed by atoms with Crippen LogP contribution in [0.25, 0.3) is 0 Å². The zero-order valence-corrected chi connectivity index (χ0v) is 15.6. The Morgan fingerprint density at radius 1 is 1.35 bits per heavy atom. The van der Waals surface area contributed by atoms with Gasteiger partial charge in [-0.15, -0.1) is 0 Å². The first-order valence-electron chi connectivity index (χ1n) is 8.50. The molecule has 0 unspecified atom stereocenters. The molecule has 7 nitrogen and oxygen atoms in total. The molecule has 1 aromatic carbocycles. The van der Waals surface area contributed by atoms with E-state index in [2.05, 4.69) is 22.2 Å². The number of aromatic amines is 1. The molecule has 0 spiro atoms. The van der Waals surface area contributed by atoms with Crippen molar-refractivity contribution in [2.75, 3.05) is 0 Å². The number of amides is 2. The molecule has 26 heavy (non-hydrogen) atoms. The molecule has 0 bridgehead atoms. The van der Waals surface area contributed by atoms with Crippen LogP contribution in [0.5, 0.6) is 0 Å². The van der Waals surface area contributed by atoms with Gasteiger partial charge in [-0.2, -0.15) is 0 Å². The van der Waals surface area contributed by atoms with Crippen molar-refractivity contribution in [3.05, 3.63) is 52.6 Å². The number of hydrogen-bond donors (Lipinski definition) is 3. The highest BCUT2D eigenvalue weighted by atomic mass is 35.5. The summed E-state index contributed by atoms with van der Waals surface area (Å²) < 4.78 is 0. The Kier molecular flexibility index (Phi) is 7.17. The summed E-state index contributed by atoms with van der Waals surface area (Å²) in [5.41, 5.74) is 1.01. The van der Waals surface area contributed by atoms with Crippen LogP contribution in [0.15, 0.2) is 30.5 Å². The van der Waals surface area contributed by atoms with Crippen molar-refractivity contribution in [3.63, 3.8) is 0 Å². The summed E-state index contributed by atoms with van der Waals surface area (Å²) in [6.07, 6.45) is 4.23. The summed E-state index contributed by atoms with van der Waals surface area (Å²) in [7, 11) is 0. The Bertz CT molecular complexity index is 745. The van der Waals surface area contributed by atoms with E-state index in [-0.39, 0.29) is 12.2 Å². The second kappa shape index (κ2) is 9.35. The molecule has 0 aliphatic carbocycles. The van der Waals surface area contributed by atoms with Crippen LogP contribution in [0.3, 0.4) is 0 Å². The fourth-order valence-corrected chi connectivity index (χ4v) is 2.48. The van der Waals surface area contributed by atoms with E-state index >= 15 is 0 Å². The summed E-state index contributed by atoms with van der Waals surface area (Å²) in [6.45, 7) is 3.59. The molecule has 2 rings (SSSR count). The van der Waals surface area contributed by atoms with Crippen LogP contribution in [0.1, 0.15) is 48.6 Å². The largest absolute Gasteiger partial charge is 0.339 e. The molecule has 0 aliphatic heterocycles. The monoisotopic (exact) mass is 378 g/mol. The van der Waals surface area contributed by atoms with E-state index in [4.69, 9.17) is 11.6 Å². The molecular weight excluding hydrogens is 356 g/mol.